The zero-order valence-electron chi connectivity index (χ0n) is 11.3. The van der Waals surface area contributed by atoms with Gasteiger partial charge in [-0.05, 0) is 31.9 Å². The number of carbonyl (C=O) groups is 1. The number of benzene rings is 1. The smallest absolute Gasteiger partial charge is 0.236 e. The second-order valence-electron chi connectivity index (χ2n) is 5.18. The van der Waals surface area contributed by atoms with Gasteiger partial charge in [0.15, 0.2) is 0 Å². The lowest BCUT2D eigenvalue weighted by Crippen LogP contribution is -2.44. The summed E-state index contributed by atoms with van der Waals surface area (Å²) in [5.41, 5.74) is 0. The first-order valence-electron chi connectivity index (χ1n) is 6.83. The van der Waals surface area contributed by atoms with E-state index in [-0.39, 0.29) is 10.7 Å². The first kappa shape index (κ1) is 14.4. The van der Waals surface area contributed by atoms with Crippen LogP contribution in [0.3, 0.4) is 0 Å². The zero-order chi connectivity index (χ0) is 13.7. The Labute approximate surface area is 118 Å². The molecule has 0 aromatic heterocycles. The van der Waals surface area contributed by atoms with Crippen molar-refractivity contribution in [2.24, 2.45) is 0 Å². The molecule has 1 atom stereocenters. The number of hydrogen-bond donors (Lipinski definition) is 2. The van der Waals surface area contributed by atoms with Crippen molar-refractivity contribution in [2.75, 3.05) is 6.54 Å². The Morgan fingerprint density at radius 1 is 1.37 bits per heavy atom. The minimum atomic E-state index is -0.496. The maximum Gasteiger partial charge on any atom is 0.236 e. The molecule has 0 saturated heterocycles. The second kappa shape index (κ2) is 6.44. The number of thioether (sulfide) groups is 1. The molecule has 1 fully saturated rings. The van der Waals surface area contributed by atoms with Crippen LogP contribution in [0, 0.1) is 0 Å². The Morgan fingerprint density at radius 3 is 2.58 bits per heavy atom. The SMILES string of the molecule is CC(O)CNC(=O)C1(Sc2ccccc2)CCCC1. The molecule has 0 radical (unpaired) electrons. The zero-order valence-corrected chi connectivity index (χ0v) is 12.1. The first-order chi connectivity index (χ1) is 9.12. The number of hydrogen-bond acceptors (Lipinski definition) is 3. The van der Waals surface area contributed by atoms with Gasteiger partial charge in [-0.2, -0.15) is 0 Å². The third kappa shape index (κ3) is 3.74. The highest BCUT2D eigenvalue weighted by Crippen LogP contribution is 2.45. The van der Waals surface area contributed by atoms with Crippen LogP contribution in [0.15, 0.2) is 35.2 Å². The van der Waals surface area contributed by atoms with Crippen LogP contribution in [0.2, 0.25) is 0 Å². The van der Waals surface area contributed by atoms with Gasteiger partial charge < -0.3 is 10.4 Å². The molecule has 1 saturated carbocycles. The number of amides is 1. The fourth-order valence-electron chi connectivity index (χ4n) is 2.44. The van der Waals surface area contributed by atoms with Crippen molar-refractivity contribution < 1.29 is 9.90 Å². The standard InChI is InChI=1S/C15H21NO2S/c1-12(17)11-16-14(18)15(9-5-6-10-15)19-13-7-3-2-4-8-13/h2-4,7-8,12,17H,5-6,9-11H2,1H3,(H,16,18). The fraction of sp³-hybridized carbons (Fsp3) is 0.533. The topological polar surface area (TPSA) is 49.3 Å². The maximum absolute atomic E-state index is 12.4. The van der Waals surface area contributed by atoms with E-state index in [0.29, 0.717) is 6.54 Å². The number of aliphatic hydroxyl groups excluding tert-OH is 1. The molecular weight excluding hydrogens is 258 g/mol. The maximum atomic E-state index is 12.4. The third-order valence-corrected chi connectivity index (χ3v) is 4.93. The Morgan fingerprint density at radius 2 is 2.00 bits per heavy atom. The summed E-state index contributed by atoms with van der Waals surface area (Å²) >= 11 is 1.66. The minimum Gasteiger partial charge on any atom is -0.392 e. The van der Waals surface area contributed by atoms with Crippen molar-refractivity contribution in [2.45, 2.75) is 48.4 Å². The van der Waals surface area contributed by atoms with Gasteiger partial charge in [-0.1, -0.05) is 31.0 Å². The summed E-state index contributed by atoms with van der Waals surface area (Å²) in [5, 5.41) is 12.2. The van der Waals surface area contributed by atoms with Gasteiger partial charge >= 0.3 is 0 Å². The van der Waals surface area contributed by atoms with Crippen LogP contribution in [0.25, 0.3) is 0 Å². The van der Waals surface area contributed by atoms with Crippen molar-refractivity contribution in [3.8, 4) is 0 Å². The molecule has 1 aliphatic carbocycles. The van der Waals surface area contributed by atoms with Crippen LogP contribution in [0.1, 0.15) is 32.6 Å². The summed E-state index contributed by atoms with van der Waals surface area (Å²) in [6.45, 7) is 2.02. The molecule has 2 rings (SSSR count). The van der Waals surface area contributed by atoms with E-state index < -0.39 is 6.10 Å². The molecule has 19 heavy (non-hydrogen) atoms. The molecular formula is C15H21NO2S. The molecule has 0 spiro atoms. The van der Waals surface area contributed by atoms with Crippen molar-refractivity contribution in [3.05, 3.63) is 30.3 Å². The Balaban J connectivity index is 2.07. The lowest BCUT2D eigenvalue weighted by molar-refractivity contribution is -0.123. The fourth-order valence-corrected chi connectivity index (χ4v) is 3.84. The average Bonchev–Trinajstić information content (AvgIpc) is 2.87. The molecule has 1 unspecified atom stereocenters. The van der Waals surface area contributed by atoms with Gasteiger partial charge in [0.2, 0.25) is 5.91 Å². The van der Waals surface area contributed by atoms with Gasteiger partial charge in [0.25, 0.3) is 0 Å². The number of nitrogens with one attached hydrogen (secondary N) is 1. The van der Waals surface area contributed by atoms with Gasteiger partial charge in [0.05, 0.1) is 10.9 Å². The van der Waals surface area contributed by atoms with Gasteiger partial charge in [-0.15, -0.1) is 11.8 Å². The van der Waals surface area contributed by atoms with Crippen LogP contribution in [-0.4, -0.2) is 28.4 Å². The molecule has 104 valence electrons. The first-order valence-corrected chi connectivity index (χ1v) is 7.64. The van der Waals surface area contributed by atoms with Crippen molar-refractivity contribution in [3.63, 3.8) is 0 Å². The van der Waals surface area contributed by atoms with E-state index in [9.17, 15) is 9.90 Å². The van der Waals surface area contributed by atoms with E-state index in [1.807, 2.05) is 30.3 Å². The highest BCUT2D eigenvalue weighted by atomic mass is 32.2. The van der Waals surface area contributed by atoms with Gasteiger partial charge in [0.1, 0.15) is 0 Å². The van der Waals surface area contributed by atoms with Gasteiger partial charge in [-0.3, -0.25) is 4.79 Å². The summed E-state index contributed by atoms with van der Waals surface area (Å²) in [7, 11) is 0. The predicted molar refractivity (Wildman–Crippen MR) is 78.2 cm³/mol. The van der Waals surface area contributed by atoms with Crippen LogP contribution in [0.5, 0.6) is 0 Å². The highest BCUT2D eigenvalue weighted by molar-refractivity contribution is 8.01. The lowest BCUT2D eigenvalue weighted by Gasteiger charge is -2.27. The molecule has 1 amide bonds. The molecule has 0 aliphatic heterocycles. The van der Waals surface area contributed by atoms with Crippen LogP contribution in [0.4, 0.5) is 0 Å². The Kier molecular flexibility index (Phi) is 4.88. The van der Waals surface area contributed by atoms with E-state index >= 15 is 0 Å². The molecule has 0 heterocycles. The van der Waals surface area contributed by atoms with E-state index in [4.69, 9.17) is 0 Å². The van der Waals surface area contributed by atoms with E-state index in [2.05, 4.69) is 5.32 Å². The second-order valence-corrected chi connectivity index (χ2v) is 6.63. The van der Waals surface area contributed by atoms with E-state index in [1.165, 1.54) is 0 Å². The van der Waals surface area contributed by atoms with Crippen LogP contribution in [-0.2, 0) is 4.79 Å². The predicted octanol–water partition coefficient (Wildman–Crippen LogP) is 2.59. The summed E-state index contributed by atoms with van der Waals surface area (Å²) in [6, 6.07) is 10.1. The van der Waals surface area contributed by atoms with Crippen molar-refractivity contribution in [1.29, 1.82) is 0 Å². The van der Waals surface area contributed by atoms with Gasteiger partial charge in [-0.25, -0.2) is 0 Å². The molecule has 1 aromatic rings. The summed E-state index contributed by atoms with van der Waals surface area (Å²) in [4.78, 5) is 13.6. The van der Waals surface area contributed by atoms with Crippen molar-refractivity contribution in [1.82, 2.24) is 5.32 Å². The van der Waals surface area contributed by atoms with Crippen LogP contribution >= 0.6 is 11.8 Å². The molecule has 1 aromatic carbocycles. The van der Waals surface area contributed by atoms with Gasteiger partial charge in [0, 0.05) is 11.4 Å². The third-order valence-electron chi connectivity index (χ3n) is 3.44. The Bertz CT molecular complexity index is 413. The summed E-state index contributed by atoms with van der Waals surface area (Å²) < 4.78 is -0.351. The minimum absolute atomic E-state index is 0.0692. The number of aliphatic hydroxyl groups is 1. The largest absolute Gasteiger partial charge is 0.392 e. The van der Waals surface area contributed by atoms with E-state index in [0.717, 1.165) is 30.6 Å². The summed E-state index contributed by atoms with van der Waals surface area (Å²) in [5.74, 6) is 0.0692. The average molecular weight is 279 g/mol. The monoisotopic (exact) mass is 279 g/mol. The normalized spacial score (nSPS) is 19.1. The molecule has 3 nitrogen and oxygen atoms in total. The summed E-state index contributed by atoms with van der Waals surface area (Å²) in [6.07, 6.45) is 3.53. The Hall–Kier alpha value is -1.00. The quantitative estimate of drug-likeness (QED) is 0.871. The van der Waals surface area contributed by atoms with E-state index in [1.54, 1.807) is 18.7 Å². The molecule has 1 aliphatic rings. The molecule has 2 N–H and O–H groups in total. The molecule has 4 heteroatoms. The number of rotatable bonds is 5. The highest BCUT2D eigenvalue weighted by Gasteiger charge is 2.42. The molecule has 0 bridgehead atoms. The lowest BCUT2D eigenvalue weighted by atomic mass is 10.1. The van der Waals surface area contributed by atoms with Crippen LogP contribution < -0.4 is 5.32 Å². The number of carbonyl (C=O) groups excluding carboxylic acids is 1. The van der Waals surface area contributed by atoms with Crippen molar-refractivity contribution >= 4 is 17.7 Å².